The number of nitrogens with zero attached hydrogens (tertiary/aromatic N) is 2. The summed E-state index contributed by atoms with van der Waals surface area (Å²) in [5.74, 6) is 0.135. The van der Waals surface area contributed by atoms with Crippen molar-refractivity contribution in [2.45, 2.75) is 11.3 Å². The largest absolute Gasteiger partial charge is 0.508 e. The van der Waals surface area contributed by atoms with Crippen molar-refractivity contribution in [3.8, 4) is 5.75 Å². The molecule has 3 aromatic rings. The molecule has 1 aliphatic rings. The van der Waals surface area contributed by atoms with Crippen molar-refractivity contribution in [1.82, 2.24) is 4.98 Å². The molecule has 0 spiro atoms. The molecule has 122 valence electrons. The van der Waals surface area contributed by atoms with Crippen LogP contribution in [0.15, 0.2) is 53.6 Å². The topological polar surface area (TPSA) is 70.5 Å². The van der Waals surface area contributed by atoms with Crippen molar-refractivity contribution in [2.75, 3.05) is 10.8 Å². The second kappa shape index (κ2) is 5.36. The molecule has 7 heteroatoms. The Morgan fingerprint density at radius 1 is 1.12 bits per heavy atom. The highest BCUT2D eigenvalue weighted by molar-refractivity contribution is 7.93. The van der Waals surface area contributed by atoms with E-state index in [4.69, 9.17) is 11.6 Å². The van der Waals surface area contributed by atoms with E-state index in [0.29, 0.717) is 29.4 Å². The van der Waals surface area contributed by atoms with Crippen LogP contribution in [0, 0.1) is 0 Å². The Hall–Kier alpha value is -2.31. The first-order valence-electron chi connectivity index (χ1n) is 7.36. The van der Waals surface area contributed by atoms with Gasteiger partial charge in [-0.05, 0) is 42.3 Å². The van der Waals surface area contributed by atoms with E-state index in [0.717, 1.165) is 5.56 Å². The highest BCUT2D eigenvalue weighted by Gasteiger charge is 2.32. The van der Waals surface area contributed by atoms with Crippen LogP contribution in [0.3, 0.4) is 0 Å². The Labute approximate surface area is 144 Å². The minimum absolute atomic E-state index is 0.135. The van der Waals surface area contributed by atoms with Crippen molar-refractivity contribution in [2.24, 2.45) is 0 Å². The van der Waals surface area contributed by atoms with Crippen molar-refractivity contribution in [3.05, 3.63) is 59.4 Å². The van der Waals surface area contributed by atoms with Gasteiger partial charge in [-0.15, -0.1) is 0 Å². The first-order valence-corrected chi connectivity index (χ1v) is 9.18. The maximum absolute atomic E-state index is 13.2. The highest BCUT2D eigenvalue weighted by Crippen LogP contribution is 2.37. The fourth-order valence-corrected chi connectivity index (χ4v) is 5.03. The van der Waals surface area contributed by atoms with Gasteiger partial charge >= 0.3 is 0 Å². The third-order valence-electron chi connectivity index (χ3n) is 4.20. The first-order chi connectivity index (χ1) is 11.5. The zero-order valence-corrected chi connectivity index (χ0v) is 14.0. The molecule has 4 rings (SSSR count). The van der Waals surface area contributed by atoms with Gasteiger partial charge < -0.3 is 5.11 Å². The van der Waals surface area contributed by atoms with Crippen LogP contribution in [0.1, 0.15) is 5.56 Å². The molecule has 2 aromatic carbocycles. The molecule has 0 atom stereocenters. The predicted octanol–water partition coefficient (Wildman–Crippen LogP) is 3.35. The summed E-state index contributed by atoms with van der Waals surface area (Å²) in [6, 6.07) is 11.4. The molecule has 0 radical (unpaired) electrons. The number of phenols is 1. The van der Waals surface area contributed by atoms with Crippen LogP contribution in [0.5, 0.6) is 5.75 Å². The van der Waals surface area contributed by atoms with E-state index in [1.807, 2.05) is 0 Å². The van der Waals surface area contributed by atoms with Gasteiger partial charge in [-0.25, -0.2) is 13.4 Å². The molecular formula is C17H13ClN2O3S. The molecule has 0 saturated carbocycles. The molecule has 0 aliphatic carbocycles. The monoisotopic (exact) mass is 360 g/mol. The van der Waals surface area contributed by atoms with Gasteiger partial charge in [0, 0.05) is 23.5 Å². The summed E-state index contributed by atoms with van der Waals surface area (Å²) >= 11 is 6.09. The number of phenolic OH excluding ortho intramolecular Hbond substituents is 1. The van der Waals surface area contributed by atoms with Crippen LogP contribution < -0.4 is 4.31 Å². The molecule has 1 aliphatic heterocycles. The van der Waals surface area contributed by atoms with E-state index in [1.54, 1.807) is 36.4 Å². The Morgan fingerprint density at radius 2 is 1.96 bits per heavy atom. The van der Waals surface area contributed by atoms with Crippen LogP contribution in [0.25, 0.3) is 10.8 Å². The number of halogens is 1. The average Bonchev–Trinajstić information content (AvgIpc) is 2.98. The predicted molar refractivity (Wildman–Crippen MR) is 93.1 cm³/mol. The fourth-order valence-electron chi connectivity index (χ4n) is 3.09. The van der Waals surface area contributed by atoms with Gasteiger partial charge in [-0.3, -0.25) is 4.31 Å². The summed E-state index contributed by atoms with van der Waals surface area (Å²) < 4.78 is 27.8. The van der Waals surface area contributed by atoms with Gasteiger partial charge in [-0.2, -0.15) is 0 Å². The Morgan fingerprint density at radius 3 is 2.79 bits per heavy atom. The number of aromatic hydroxyl groups is 1. The smallest absolute Gasteiger partial charge is 0.264 e. The van der Waals surface area contributed by atoms with Gasteiger partial charge in [0.2, 0.25) is 0 Å². The van der Waals surface area contributed by atoms with Gasteiger partial charge in [-0.1, -0.05) is 23.7 Å². The standard InChI is InChI=1S/C17H13ClN2O3S/c18-17-14-2-1-3-16(13(14)6-8-19-17)24(22,23)20-9-7-11-10-12(21)4-5-15(11)20/h1-6,8,10,21H,7,9H2. The number of benzene rings is 2. The van der Waals surface area contributed by atoms with Crippen molar-refractivity contribution < 1.29 is 13.5 Å². The first kappa shape index (κ1) is 15.2. The minimum atomic E-state index is -3.74. The zero-order valence-electron chi connectivity index (χ0n) is 12.5. The molecule has 0 bridgehead atoms. The second-order valence-electron chi connectivity index (χ2n) is 5.59. The number of aromatic nitrogens is 1. The maximum Gasteiger partial charge on any atom is 0.264 e. The third kappa shape index (κ3) is 2.22. The molecule has 1 aromatic heterocycles. The Balaban J connectivity index is 1.91. The minimum Gasteiger partial charge on any atom is -0.508 e. The molecule has 0 saturated heterocycles. The SMILES string of the molecule is O=S(=O)(c1cccc2c(Cl)nccc12)N1CCc2cc(O)ccc21. The summed E-state index contributed by atoms with van der Waals surface area (Å²) in [5.41, 5.74) is 1.42. The van der Waals surface area contributed by atoms with Crippen molar-refractivity contribution >= 4 is 38.1 Å². The van der Waals surface area contributed by atoms with Gasteiger partial charge in [0.05, 0.1) is 10.6 Å². The quantitative estimate of drug-likeness (QED) is 0.711. The normalized spacial score (nSPS) is 14.1. The molecular weight excluding hydrogens is 348 g/mol. The van der Waals surface area contributed by atoms with Crippen LogP contribution in [0.2, 0.25) is 5.15 Å². The zero-order chi connectivity index (χ0) is 16.9. The van der Waals surface area contributed by atoms with Crippen LogP contribution >= 0.6 is 11.6 Å². The molecule has 0 amide bonds. The van der Waals surface area contributed by atoms with E-state index in [-0.39, 0.29) is 15.8 Å². The lowest BCUT2D eigenvalue weighted by Crippen LogP contribution is -2.29. The molecule has 0 fully saturated rings. The number of pyridine rings is 1. The lowest BCUT2D eigenvalue weighted by molar-refractivity contribution is 0.475. The van der Waals surface area contributed by atoms with E-state index < -0.39 is 10.0 Å². The highest BCUT2D eigenvalue weighted by atomic mass is 35.5. The summed E-state index contributed by atoms with van der Waals surface area (Å²) in [6.07, 6.45) is 2.07. The number of fused-ring (bicyclic) bond motifs is 2. The van der Waals surface area contributed by atoms with Crippen LogP contribution in [-0.4, -0.2) is 25.1 Å². The number of rotatable bonds is 2. The average molecular weight is 361 g/mol. The third-order valence-corrected chi connectivity index (χ3v) is 6.37. The van der Waals surface area contributed by atoms with Gasteiger partial charge in [0.1, 0.15) is 10.9 Å². The molecule has 5 nitrogen and oxygen atoms in total. The molecule has 2 heterocycles. The van der Waals surface area contributed by atoms with Gasteiger partial charge in [0.25, 0.3) is 10.0 Å². The number of hydrogen-bond acceptors (Lipinski definition) is 4. The lowest BCUT2D eigenvalue weighted by Gasteiger charge is -2.20. The van der Waals surface area contributed by atoms with E-state index in [1.165, 1.54) is 16.6 Å². The van der Waals surface area contributed by atoms with Crippen LogP contribution in [-0.2, 0) is 16.4 Å². The summed E-state index contributed by atoms with van der Waals surface area (Å²) in [5, 5.41) is 11.0. The van der Waals surface area contributed by atoms with Crippen molar-refractivity contribution in [1.29, 1.82) is 0 Å². The van der Waals surface area contributed by atoms with E-state index >= 15 is 0 Å². The number of sulfonamides is 1. The van der Waals surface area contributed by atoms with E-state index in [9.17, 15) is 13.5 Å². The summed E-state index contributed by atoms with van der Waals surface area (Å²) in [7, 11) is -3.74. The lowest BCUT2D eigenvalue weighted by atomic mass is 10.1. The summed E-state index contributed by atoms with van der Waals surface area (Å²) in [4.78, 5) is 4.20. The maximum atomic E-state index is 13.2. The number of hydrogen-bond donors (Lipinski definition) is 1. The molecule has 24 heavy (non-hydrogen) atoms. The van der Waals surface area contributed by atoms with E-state index in [2.05, 4.69) is 4.98 Å². The van der Waals surface area contributed by atoms with Gasteiger partial charge in [0.15, 0.2) is 0 Å². The second-order valence-corrected chi connectivity index (χ2v) is 7.78. The fraction of sp³-hybridized carbons (Fsp3) is 0.118. The van der Waals surface area contributed by atoms with Crippen LogP contribution in [0.4, 0.5) is 5.69 Å². The number of anilines is 1. The molecule has 1 N–H and O–H groups in total. The Kier molecular flexibility index (Phi) is 3.40. The summed E-state index contributed by atoms with van der Waals surface area (Å²) in [6.45, 7) is 0.344. The van der Waals surface area contributed by atoms with Crippen molar-refractivity contribution in [3.63, 3.8) is 0 Å². The Bertz CT molecular complexity index is 1070. The molecule has 0 unspecified atom stereocenters.